The third kappa shape index (κ3) is 3.99. The van der Waals surface area contributed by atoms with Crippen molar-refractivity contribution in [1.82, 2.24) is 14.9 Å². The zero-order valence-corrected chi connectivity index (χ0v) is 11.6. The fourth-order valence-corrected chi connectivity index (χ4v) is 2.49. The number of aromatic nitrogens is 2. The van der Waals surface area contributed by atoms with Gasteiger partial charge < -0.3 is 9.64 Å². The van der Waals surface area contributed by atoms with E-state index in [9.17, 15) is 4.79 Å². The van der Waals surface area contributed by atoms with Gasteiger partial charge in [-0.1, -0.05) is 0 Å². The Morgan fingerprint density at radius 2 is 2.42 bits per heavy atom. The average molecular weight is 263 g/mol. The summed E-state index contributed by atoms with van der Waals surface area (Å²) in [5.74, 6) is 1.00. The van der Waals surface area contributed by atoms with Crippen molar-refractivity contribution in [2.75, 3.05) is 27.2 Å². The van der Waals surface area contributed by atoms with E-state index in [0.717, 1.165) is 24.6 Å². The van der Waals surface area contributed by atoms with Crippen LogP contribution in [0, 0.1) is 0 Å². The molecule has 1 aromatic rings. The lowest BCUT2D eigenvalue weighted by molar-refractivity contribution is -0.140. The Labute approximate surface area is 114 Å². The van der Waals surface area contributed by atoms with Crippen LogP contribution in [0.1, 0.15) is 36.7 Å². The molecule has 2 heterocycles. The molecule has 1 saturated heterocycles. The van der Waals surface area contributed by atoms with Gasteiger partial charge in [0, 0.05) is 30.8 Å². The highest BCUT2D eigenvalue weighted by Crippen LogP contribution is 2.24. The molecule has 0 aliphatic carbocycles. The second kappa shape index (κ2) is 6.61. The zero-order valence-electron chi connectivity index (χ0n) is 11.6. The van der Waals surface area contributed by atoms with Crippen LogP contribution in [0.3, 0.4) is 0 Å². The number of piperidine rings is 1. The molecule has 1 aliphatic heterocycles. The summed E-state index contributed by atoms with van der Waals surface area (Å²) in [5.41, 5.74) is 1.10. The second-order valence-corrected chi connectivity index (χ2v) is 5.08. The van der Waals surface area contributed by atoms with Gasteiger partial charge >= 0.3 is 5.97 Å². The third-order valence-electron chi connectivity index (χ3n) is 3.55. The Balaban J connectivity index is 2.00. The maximum Gasteiger partial charge on any atom is 0.305 e. The summed E-state index contributed by atoms with van der Waals surface area (Å²) in [7, 11) is 3.54. The van der Waals surface area contributed by atoms with Crippen molar-refractivity contribution in [2.24, 2.45) is 0 Å². The molecule has 0 amide bonds. The Morgan fingerprint density at radius 1 is 1.58 bits per heavy atom. The van der Waals surface area contributed by atoms with Gasteiger partial charge in [-0.25, -0.2) is 9.97 Å². The van der Waals surface area contributed by atoms with Gasteiger partial charge in [-0.05, 0) is 32.5 Å². The molecule has 0 radical (unpaired) electrons. The van der Waals surface area contributed by atoms with Crippen molar-refractivity contribution in [3.63, 3.8) is 0 Å². The number of nitrogens with zero attached hydrogens (tertiary/aromatic N) is 3. The van der Waals surface area contributed by atoms with Gasteiger partial charge in [-0.15, -0.1) is 0 Å². The van der Waals surface area contributed by atoms with E-state index in [1.165, 1.54) is 20.0 Å². The minimum atomic E-state index is -0.216. The lowest BCUT2D eigenvalue weighted by Gasteiger charge is -2.29. The number of hydrogen-bond acceptors (Lipinski definition) is 5. The van der Waals surface area contributed by atoms with E-state index in [1.807, 2.05) is 6.07 Å². The molecule has 5 heteroatoms. The van der Waals surface area contributed by atoms with Crippen LogP contribution in [0.15, 0.2) is 12.3 Å². The molecule has 1 aliphatic rings. The van der Waals surface area contributed by atoms with E-state index in [4.69, 9.17) is 0 Å². The Hall–Kier alpha value is -1.49. The highest BCUT2D eigenvalue weighted by molar-refractivity contribution is 5.69. The standard InChI is InChI=1S/C14H21N3O2/c1-17-9-3-4-11(10-17)12-7-8-15-13(16-12)5-6-14(18)19-2/h7-8,11H,3-6,9-10H2,1-2H3. The summed E-state index contributed by atoms with van der Waals surface area (Å²) in [6, 6.07) is 1.99. The molecule has 1 unspecified atom stereocenters. The molecule has 19 heavy (non-hydrogen) atoms. The topological polar surface area (TPSA) is 55.3 Å². The van der Waals surface area contributed by atoms with Crippen molar-refractivity contribution >= 4 is 5.97 Å². The number of methoxy groups -OCH3 is 1. The molecule has 1 atom stereocenters. The Kier molecular flexibility index (Phi) is 4.85. The molecular formula is C14H21N3O2. The van der Waals surface area contributed by atoms with Crippen LogP contribution in [-0.2, 0) is 16.0 Å². The van der Waals surface area contributed by atoms with Crippen LogP contribution in [0.25, 0.3) is 0 Å². The molecule has 0 N–H and O–H groups in total. The number of ether oxygens (including phenoxy) is 1. The number of likely N-dealkylation sites (N-methyl/N-ethyl adjacent to an activating group) is 1. The molecule has 0 saturated carbocycles. The molecule has 0 aromatic carbocycles. The zero-order chi connectivity index (χ0) is 13.7. The molecule has 0 bridgehead atoms. The van der Waals surface area contributed by atoms with Gasteiger partial charge in [-0.3, -0.25) is 4.79 Å². The lowest BCUT2D eigenvalue weighted by Crippen LogP contribution is -2.31. The smallest absolute Gasteiger partial charge is 0.305 e. The van der Waals surface area contributed by atoms with E-state index >= 15 is 0 Å². The summed E-state index contributed by atoms with van der Waals surface area (Å²) in [5, 5.41) is 0. The van der Waals surface area contributed by atoms with Crippen molar-refractivity contribution in [3.05, 3.63) is 23.8 Å². The quantitative estimate of drug-likeness (QED) is 0.768. The lowest BCUT2D eigenvalue weighted by atomic mass is 9.95. The molecule has 1 aromatic heterocycles. The summed E-state index contributed by atoms with van der Waals surface area (Å²) < 4.78 is 4.63. The number of likely N-dealkylation sites (tertiary alicyclic amines) is 1. The summed E-state index contributed by atoms with van der Waals surface area (Å²) in [6.07, 6.45) is 5.07. The van der Waals surface area contributed by atoms with Crippen LogP contribution >= 0.6 is 0 Å². The maximum absolute atomic E-state index is 11.1. The number of carbonyl (C=O) groups excluding carboxylic acids is 1. The largest absolute Gasteiger partial charge is 0.469 e. The summed E-state index contributed by atoms with van der Waals surface area (Å²) in [6.45, 7) is 2.21. The molecular weight excluding hydrogens is 242 g/mol. The van der Waals surface area contributed by atoms with Crippen LogP contribution in [0.5, 0.6) is 0 Å². The normalized spacial score (nSPS) is 20.2. The van der Waals surface area contributed by atoms with Crippen LogP contribution in [0.4, 0.5) is 0 Å². The number of esters is 1. The number of aryl methyl sites for hydroxylation is 1. The van der Waals surface area contributed by atoms with Crippen LogP contribution in [-0.4, -0.2) is 48.1 Å². The minimum Gasteiger partial charge on any atom is -0.469 e. The molecule has 104 valence electrons. The molecule has 2 rings (SSSR count). The number of rotatable bonds is 4. The van der Waals surface area contributed by atoms with Gasteiger partial charge in [-0.2, -0.15) is 0 Å². The van der Waals surface area contributed by atoms with Crippen molar-refractivity contribution < 1.29 is 9.53 Å². The maximum atomic E-state index is 11.1. The van der Waals surface area contributed by atoms with Crippen molar-refractivity contribution in [3.8, 4) is 0 Å². The molecule has 1 fully saturated rings. The predicted octanol–water partition coefficient (Wildman–Crippen LogP) is 1.39. The summed E-state index contributed by atoms with van der Waals surface area (Å²) >= 11 is 0. The summed E-state index contributed by atoms with van der Waals surface area (Å²) in [4.78, 5) is 22.3. The van der Waals surface area contributed by atoms with E-state index in [0.29, 0.717) is 18.8 Å². The number of hydrogen-bond donors (Lipinski definition) is 0. The average Bonchev–Trinajstić information content (AvgIpc) is 2.45. The molecule has 0 spiro atoms. The van der Waals surface area contributed by atoms with Crippen molar-refractivity contribution in [1.29, 1.82) is 0 Å². The fourth-order valence-electron chi connectivity index (χ4n) is 2.49. The SMILES string of the molecule is COC(=O)CCc1nccc(C2CCCN(C)C2)n1. The van der Waals surface area contributed by atoms with Crippen molar-refractivity contribution in [2.45, 2.75) is 31.6 Å². The van der Waals surface area contributed by atoms with Gasteiger partial charge in [0.25, 0.3) is 0 Å². The predicted molar refractivity (Wildman–Crippen MR) is 71.8 cm³/mol. The Morgan fingerprint density at radius 3 is 3.16 bits per heavy atom. The van der Waals surface area contributed by atoms with Crippen LogP contribution in [0.2, 0.25) is 0 Å². The van der Waals surface area contributed by atoms with E-state index < -0.39 is 0 Å². The fraction of sp³-hybridized carbons (Fsp3) is 0.643. The monoisotopic (exact) mass is 263 g/mol. The van der Waals surface area contributed by atoms with Crippen LogP contribution < -0.4 is 0 Å². The molecule has 5 nitrogen and oxygen atoms in total. The number of carbonyl (C=O) groups is 1. The van der Waals surface area contributed by atoms with E-state index in [1.54, 1.807) is 6.20 Å². The first kappa shape index (κ1) is 13.9. The van der Waals surface area contributed by atoms with E-state index in [-0.39, 0.29) is 5.97 Å². The first-order valence-electron chi connectivity index (χ1n) is 6.76. The first-order valence-corrected chi connectivity index (χ1v) is 6.76. The highest BCUT2D eigenvalue weighted by atomic mass is 16.5. The second-order valence-electron chi connectivity index (χ2n) is 5.08. The van der Waals surface area contributed by atoms with E-state index in [2.05, 4.69) is 26.7 Å². The van der Waals surface area contributed by atoms with Gasteiger partial charge in [0.05, 0.1) is 13.5 Å². The highest BCUT2D eigenvalue weighted by Gasteiger charge is 2.20. The first-order chi connectivity index (χ1) is 9.19. The Bertz CT molecular complexity index is 436. The van der Waals surface area contributed by atoms with Gasteiger partial charge in [0.1, 0.15) is 5.82 Å². The van der Waals surface area contributed by atoms with Gasteiger partial charge in [0.15, 0.2) is 0 Å². The minimum absolute atomic E-state index is 0.216. The third-order valence-corrected chi connectivity index (χ3v) is 3.55. The van der Waals surface area contributed by atoms with Gasteiger partial charge in [0.2, 0.25) is 0 Å².